The maximum atomic E-state index is 14.5. The SMILES string of the molecule is CCCCCN1CC=C[C@]23S[C@]4(C)C=CCCOC(=O)[C@@H]4[C@H]2C(=O)N([C@@H](CO)Cc2ccccc2)C3C1=O. The summed E-state index contributed by atoms with van der Waals surface area (Å²) in [6, 6.07) is 8.33. The second kappa shape index (κ2) is 10.9. The summed E-state index contributed by atoms with van der Waals surface area (Å²) in [6.07, 6.45) is 12.1. The van der Waals surface area contributed by atoms with E-state index in [0.717, 1.165) is 24.8 Å². The van der Waals surface area contributed by atoms with Gasteiger partial charge in [0.25, 0.3) is 0 Å². The summed E-state index contributed by atoms with van der Waals surface area (Å²) in [5.74, 6) is -2.20. The first-order chi connectivity index (χ1) is 18.4. The van der Waals surface area contributed by atoms with E-state index in [1.807, 2.05) is 66.5 Å². The van der Waals surface area contributed by atoms with Gasteiger partial charge in [0.1, 0.15) is 6.04 Å². The number of benzene rings is 1. The molecule has 0 bridgehead atoms. The number of carbonyl (C=O) groups excluding carboxylic acids is 3. The van der Waals surface area contributed by atoms with Gasteiger partial charge in [-0.25, -0.2) is 0 Å². The van der Waals surface area contributed by atoms with Crippen molar-refractivity contribution in [1.82, 2.24) is 9.80 Å². The average molecular weight is 539 g/mol. The number of hydrogen-bond acceptors (Lipinski definition) is 6. The van der Waals surface area contributed by atoms with Gasteiger partial charge in [-0.15, -0.1) is 11.8 Å². The highest BCUT2D eigenvalue weighted by Gasteiger charge is 2.74. The second-order valence-electron chi connectivity index (χ2n) is 11.0. The molecule has 1 unspecified atom stereocenters. The molecule has 1 aromatic carbocycles. The third-order valence-electron chi connectivity index (χ3n) is 8.49. The summed E-state index contributed by atoms with van der Waals surface area (Å²) in [6.45, 7) is 5.21. The van der Waals surface area contributed by atoms with Crippen LogP contribution in [0.25, 0.3) is 0 Å². The molecule has 0 saturated carbocycles. The largest absolute Gasteiger partial charge is 0.465 e. The predicted octanol–water partition coefficient (Wildman–Crippen LogP) is 3.37. The number of fused-ring (bicyclic) bond motifs is 2. The van der Waals surface area contributed by atoms with E-state index in [1.165, 1.54) is 0 Å². The van der Waals surface area contributed by atoms with Gasteiger partial charge in [-0.3, -0.25) is 14.4 Å². The Morgan fingerprint density at radius 1 is 1.08 bits per heavy atom. The fourth-order valence-electron chi connectivity index (χ4n) is 6.76. The Labute approximate surface area is 229 Å². The summed E-state index contributed by atoms with van der Waals surface area (Å²) in [7, 11) is 0. The van der Waals surface area contributed by atoms with Crippen LogP contribution in [0.2, 0.25) is 0 Å². The molecular weight excluding hydrogens is 500 g/mol. The minimum atomic E-state index is -0.926. The van der Waals surface area contributed by atoms with Gasteiger partial charge in [0, 0.05) is 17.8 Å². The number of amides is 2. The van der Waals surface area contributed by atoms with Crippen LogP contribution in [0.5, 0.6) is 0 Å². The molecule has 0 aliphatic carbocycles. The Morgan fingerprint density at radius 2 is 1.87 bits per heavy atom. The molecule has 7 nitrogen and oxygen atoms in total. The monoisotopic (exact) mass is 538 g/mol. The van der Waals surface area contributed by atoms with Gasteiger partial charge in [0.05, 0.1) is 35.8 Å². The lowest BCUT2D eigenvalue weighted by molar-refractivity contribution is -0.154. The quantitative estimate of drug-likeness (QED) is 0.310. The van der Waals surface area contributed by atoms with Gasteiger partial charge in [-0.2, -0.15) is 0 Å². The first kappa shape index (κ1) is 27.0. The van der Waals surface area contributed by atoms with E-state index < -0.39 is 33.4 Å². The van der Waals surface area contributed by atoms with Crippen molar-refractivity contribution in [3.05, 3.63) is 60.2 Å². The number of cyclic esters (lactones) is 1. The minimum absolute atomic E-state index is 0.101. The van der Waals surface area contributed by atoms with Crippen molar-refractivity contribution in [3.8, 4) is 0 Å². The highest BCUT2D eigenvalue weighted by Crippen LogP contribution is 2.65. The van der Waals surface area contributed by atoms with Crippen molar-refractivity contribution in [2.75, 3.05) is 26.3 Å². The van der Waals surface area contributed by atoms with Gasteiger partial charge >= 0.3 is 5.97 Å². The standard InChI is InChI=1S/C30H38N2O5S/c1-3-4-9-16-31-17-11-15-30-23(24-28(36)37-18-10-8-14-29(24,2)38-30)26(34)32(25(30)27(31)35)22(20-33)19-21-12-6-5-7-13-21/h5-8,11-15,22-25,33H,3-4,9-10,16-20H2,1-2H3/t22-,23+,24+,25?,29-,30+/m1/s1. The lowest BCUT2D eigenvalue weighted by Crippen LogP contribution is -2.57. The molecule has 1 aromatic rings. The number of nitrogens with zero attached hydrogens (tertiary/aromatic N) is 2. The maximum Gasteiger partial charge on any atom is 0.311 e. The van der Waals surface area contributed by atoms with Gasteiger partial charge < -0.3 is 19.6 Å². The number of hydrogen-bond donors (Lipinski definition) is 1. The number of aliphatic hydroxyl groups excluding tert-OH is 1. The van der Waals surface area contributed by atoms with Crippen molar-refractivity contribution in [3.63, 3.8) is 0 Å². The Morgan fingerprint density at radius 3 is 2.61 bits per heavy atom. The van der Waals surface area contributed by atoms with Crippen molar-refractivity contribution >= 4 is 29.5 Å². The predicted molar refractivity (Wildman–Crippen MR) is 147 cm³/mol. The van der Waals surface area contributed by atoms with Crippen LogP contribution in [-0.2, 0) is 25.5 Å². The smallest absolute Gasteiger partial charge is 0.311 e. The van der Waals surface area contributed by atoms with Gasteiger partial charge in [0.2, 0.25) is 11.8 Å². The number of carbonyl (C=O) groups is 3. The second-order valence-corrected chi connectivity index (χ2v) is 12.8. The first-order valence-corrected chi connectivity index (χ1v) is 14.7. The lowest BCUT2D eigenvalue weighted by Gasteiger charge is -2.40. The number of aliphatic hydroxyl groups is 1. The number of likely N-dealkylation sites (tertiary alicyclic amines) is 1. The third kappa shape index (κ3) is 4.49. The molecule has 0 radical (unpaired) electrons. The average Bonchev–Trinajstić information content (AvgIpc) is 3.23. The van der Waals surface area contributed by atoms with Crippen LogP contribution in [0.3, 0.4) is 0 Å². The third-order valence-corrected chi connectivity index (χ3v) is 10.3. The number of ether oxygens (including phenoxy) is 1. The van der Waals surface area contributed by atoms with Gasteiger partial charge in [-0.1, -0.05) is 74.4 Å². The molecule has 204 valence electrons. The van der Waals surface area contributed by atoms with Crippen LogP contribution in [0.15, 0.2) is 54.6 Å². The van der Waals surface area contributed by atoms with Gasteiger partial charge in [0.15, 0.2) is 0 Å². The molecule has 6 atom stereocenters. The molecule has 38 heavy (non-hydrogen) atoms. The summed E-state index contributed by atoms with van der Waals surface area (Å²) in [4.78, 5) is 45.8. The molecule has 2 amide bonds. The van der Waals surface area contributed by atoms with Crippen LogP contribution in [0.1, 0.15) is 45.1 Å². The molecule has 1 N–H and O–H groups in total. The van der Waals surface area contributed by atoms with Crippen molar-refractivity contribution in [1.29, 1.82) is 0 Å². The highest BCUT2D eigenvalue weighted by atomic mass is 32.2. The molecule has 2 fully saturated rings. The van der Waals surface area contributed by atoms with Crippen molar-refractivity contribution in [2.45, 2.75) is 67.5 Å². The zero-order valence-electron chi connectivity index (χ0n) is 22.3. The van der Waals surface area contributed by atoms with E-state index in [9.17, 15) is 19.5 Å². The summed E-state index contributed by atoms with van der Waals surface area (Å²) >= 11 is 1.55. The minimum Gasteiger partial charge on any atom is -0.465 e. The Balaban J connectivity index is 1.61. The van der Waals surface area contributed by atoms with Crippen LogP contribution in [0.4, 0.5) is 0 Å². The molecule has 1 spiro atoms. The van der Waals surface area contributed by atoms with Gasteiger partial charge in [-0.05, 0) is 31.7 Å². The van der Waals surface area contributed by atoms with Crippen molar-refractivity contribution in [2.24, 2.45) is 11.8 Å². The molecule has 4 aliphatic rings. The van der Waals surface area contributed by atoms with E-state index in [-0.39, 0.29) is 31.0 Å². The number of esters is 1. The Bertz CT molecular complexity index is 1120. The van der Waals surface area contributed by atoms with Crippen LogP contribution < -0.4 is 0 Å². The Hall–Kier alpha value is -2.58. The van der Waals surface area contributed by atoms with Crippen LogP contribution >= 0.6 is 11.8 Å². The molecule has 4 heterocycles. The zero-order valence-corrected chi connectivity index (χ0v) is 23.1. The van der Waals surface area contributed by atoms with Crippen LogP contribution in [0, 0.1) is 11.8 Å². The molecule has 5 rings (SSSR count). The summed E-state index contributed by atoms with van der Waals surface area (Å²) in [5, 5.41) is 10.6. The van der Waals surface area contributed by atoms with E-state index in [2.05, 4.69) is 6.92 Å². The van der Waals surface area contributed by atoms with E-state index in [0.29, 0.717) is 25.9 Å². The summed E-state index contributed by atoms with van der Waals surface area (Å²) in [5.41, 5.74) is 0.979. The fourth-order valence-corrected chi connectivity index (χ4v) is 8.90. The highest BCUT2D eigenvalue weighted by molar-refractivity contribution is 8.02. The van der Waals surface area contributed by atoms with E-state index >= 15 is 0 Å². The Kier molecular flexibility index (Phi) is 7.74. The topological polar surface area (TPSA) is 87.2 Å². The molecular formula is C30H38N2O5S. The lowest BCUT2D eigenvalue weighted by atomic mass is 9.74. The molecule has 0 aromatic heterocycles. The van der Waals surface area contributed by atoms with E-state index in [4.69, 9.17) is 4.74 Å². The summed E-state index contributed by atoms with van der Waals surface area (Å²) < 4.78 is 4.01. The number of rotatable bonds is 8. The maximum absolute atomic E-state index is 14.5. The molecule has 4 aliphatic heterocycles. The number of unbranched alkanes of at least 4 members (excludes halogenated alkanes) is 2. The normalized spacial score (nSPS) is 33.2. The van der Waals surface area contributed by atoms with E-state index in [1.54, 1.807) is 16.7 Å². The molecule has 8 heteroatoms. The number of thioether (sulfide) groups is 1. The van der Waals surface area contributed by atoms with Crippen LogP contribution in [-0.4, -0.2) is 80.6 Å². The molecule has 2 saturated heterocycles. The van der Waals surface area contributed by atoms with Crippen molar-refractivity contribution < 1.29 is 24.2 Å². The zero-order chi connectivity index (χ0) is 26.9. The fraction of sp³-hybridized carbons (Fsp3) is 0.567. The first-order valence-electron chi connectivity index (χ1n) is 13.8.